The molecule has 0 aromatic carbocycles. The van der Waals surface area contributed by atoms with Crippen LogP contribution in [0, 0.1) is 0 Å². The fourth-order valence-corrected chi connectivity index (χ4v) is 1.57. The maximum atomic E-state index is 12.3. The molecule has 14 heavy (non-hydrogen) atoms. The molecular formula is C7H3BrClF2NO2. The van der Waals surface area contributed by atoms with Gasteiger partial charge in [-0.25, -0.2) is 18.6 Å². The Balaban J connectivity index is 3.34. The highest BCUT2D eigenvalue weighted by Gasteiger charge is 2.19. The third-order valence-corrected chi connectivity index (χ3v) is 2.33. The summed E-state index contributed by atoms with van der Waals surface area (Å²) in [7, 11) is 0. The molecule has 0 amide bonds. The topological polar surface area (TPSA) is 50.2 Å². The van der Waals surface area contributed by atoms with Crippen LogP contribution in [-0.4, -0.2) is 16.1 Å². The van der Waals surface area contributed by atoms with Gasteiger partial charge in [-0.15, -0.1) is 0 Å². The van der Waals surface area contributed by atoms with Crippen LogP contribution < -0.4 is 0 Å². The zero-order valence-electron chi connectivity index (χ0n) is 6.47. The van der Waals surface area contributed by atoms with Crippen molar-refractivity contribution in [1.82, 2.24) is 4.98 Å². The summed E-state index contributed by atoms with van der Waals surface area (Å²) in [6.07, 6.45) is -2.85. The summed E-state index contributed by atoms with van der Waals surface area (Å²) >= 11 is 8.20. The van der Waals surface area contributed by atoms with Crippen LogP contribution in [0.4, 0.5) is 8.78 Å². The lowest BCUT2D eigenvalue weighted by atomic mass is 10.2. The molecule has 0 saturated heterocycles. The predicted octanol–water partition coefficient (Wildman–Crippen LogP) is 3.13. The Hall–Kier alpha value is -0.750. The van der Waals surface area contributed by atoms with E-state index in [-0.39, 0.29) is 10.2 Å². The summed E-state index contributed by atoms with van der Waals surface area (Å²) in [5, 5.41) is 8.20. The number of halogens is 4. The second-order valence-corrected chi connectivity index (χ2v) is 3.42. The fraction of sp³-hybridized carbons (Fsp3) is 0.143. The van der Waals surface area contributed by atoms with Crippen LogP contribution in [-0.2, 0) is 0 Å². The average molecular weight is 286 g/mol. The third kappa shape index (κ3) is 2.19. The van der Waals surface area contributed by atoms with Crippen molar-refractivity contribution < 1.29 is 18.7 Å². The van der Waals surface area contributed by atoms with E-state index >= 15 is 0 Å². The van der Waals surface area contributed by atoms with Crippen LogP contribution in [0.15, 0.2) is 10.7 Å². The SMILES string of the molecule is O=C(O)c1cc(C(F)F)c(Cl)nc1Br. The van der Waals surface area contributed by atoms with Crippen molar-refractivity contribution in [2.45, 2.75) is 6.43 Å². The monoisotopic (exact) mass is 285 g/mol. The van der Waals surface area contributed by atoms with Crippen LogP contribution >= 0.6 is 27.5 Å². The Morgan fingerprint density at radius 2 is 2.21 bits per heavy atom. The Bertz CT molecular complexity index is 386. The molecule has 0 atom stereocenters. The quantitative estimate of drug-likeness (QED) is 0.850. The second-order valence-electron chi connectivity index (χ2n) is 2.31. The first-order valence-corrected chi connectivity index (χ1v) is 4.48. The summed E-state index contributed by atoms with van der Waals surface area (Å²) in [4.78, 5) is 14.0. The number of rotatable bonds is 2. The average Bonchev–Trinajstić information content (AvgIpc) is 2.02. The molecule has 0 unspecified atom stereocenters. The van der Waals surface area contributed by atoms with E-state index in [0.29, 0.717) is 0 Å². The molecule has 0 fully saturated rings. The number of alkyl halides is 2. The lowest BCUT2D eigenvalue weighted by Gasteiger charge is -2.05. The molecule has 76 valence electrons. The number of pyridine rings is 1. The maximum Gasteiger partial charge on any atom is 0.338 e. The maximum absolute atomic E-state index is 12.3. The van der Waals surface area contributed by atoms with Gasteiger partial charge in [0.2, 0.25) is 0 Å². The van der Waals surface area contributed by atoms with Crippen LogP contribution in [0.25, 0.3) is 0 Å². The Morgan fingerprint density at radius 3 is 2.64 bits per heavy atom. The Morgan fingerprint density at radius 1 is 1.64 bits per heavy atom. The van der Waals surface area contributed by atoms with Crippen molar-refractivity contribution >= 4 is 33.5 Å². The highest BCUT2D eigenvalue weighted by atomic mass is 79.9. The van der Waals surface area contributed by atoms with Crippen LogP contribution in [0.3, 0.4) is 0 Å². The Labute approximate surface area is 90.8 Å². The molecule has 0 aliphatic carbocycles. The highest BCUT2D eigenvalue weighted by Crippen LogP contribution is 2.29. The van der Waals surface area contributed by atoms with E-state index in [1.165, 1.54) is 0 Å². The van der Waals surface area contributed by atoms with Gasteiger partial charge in [0.25, 0.3) is 6.43 Å². The van der Waals surface area contributed by atoms with Crippen molar-refractivity contribution in [2.75, 3.05) is 0 Å². The van der Waals surface area contributed by atoms with Gasteiger partial charge in [-0.1, -0.05) is 11.6 Å². The molecule has 0 radical (unpaired) electrons. The van der Waals surface area contributed by atoms with E-state index < -0.39 is 23.1 Å². The number of hydrogen-bond acceptors (Lipinski definition) is 2. The lowest BCUT2D eigenvalue weighted by Crippen LogP contribution is -2.02. The van der Waals surface area contributed by atoms with Crippen molar-refractivity contribution in [3.8, 4) is 0 Å². The van der Waals surface area contributed by atoms with Gasteiger partial charge in [0.1, 0.15) is 9.76 Å². The molecule has 1 aromatic heterocycles. The smallest absolute Gasteiger partial charge is 0.338 e. The number of nitrogens with zero attached hydrogens (tertiary/aromatic N) is 1. The van der Waals surface area contributed by atoms with E-state index in [4.69, 9.17) is 16.7 Å². The van der Waals surface area contributed by atoms with Gasteiger partial charge in [-0.2, -0.15) is 0 Å². The molecule has 0 aliphatic rings. The van der Waals surface area contributed by atoms with Crippen molar-refractivity contribution in [1.29, 1.82) is 0 Å². The summed E-state index contributed by atoms with van der Waals surface area (Å²) in [5.74, 6) is -1.34. The van der Waals surface area contributed by atoms with Gasteiger partial charge >= 0.3 is 5.97 Å². The first kappa shape index (κ1) is 11.3. The van der Waals surface area contributed by atoms with Crippen molar-refractivity contribution in [2.24, 2.45) is 0 Å². The normalized spacial score (nSPS) is 10.6. The van der Waals surface area contributed by atoms with Crippen LogP contribution in [0.2, 0.25) is 5.15 Å². The van der Waals surface area contributed by atoms with E-state index in [1.807, 2.05) is 0 Å². The summed E-state index contributed by atoms with van der Waals surface area (Å²) in [6, 6.07) is 0.798. The molecule has 3 nitrogen and oxygen atoms in total. The standard InChI is InChI=1S/C7H3BrClF2NO2/c8-4-2(7(13)14)1-3(6(10)11)5(9)12-4/h1,6H,(H,13,14). The molecule has 0 spiro atoms. The van der Waals surface area contributed by atoms with E-state index in [9.17, 15) is 13.6 Å². The zero-order valence-corrected chi connectivity index (χ0v) is 8.81. The number of aromatic carboxylic acids is 1. The largest absolute Gasteiger partial charge is 0.478 e. The minimum atomic E-state index is -2.85. The van der Waals surface area contributed by atoms with Gasteiger partial charge in [0.05, 0.1) is 11.1 Å². The third-order valence-electron chi connectivity index (χ3n) is 1.42. The molecule has 0 aliphatic heterocycles. The minimum absolute atomic E-state index is 0.0700. The van der Waals surface area contributed by atoms with Gasteiger partial charge < -0.3 is 5.11 Å². The fourth-order valence-electron chi connectivity index (χ4n) is 0.789. The Kier molecular flexibility index (Phi) is 3.38. The van der Waals surface area contributed by atoms with Crippen LogP contribution in [0.5, 0.6) is 0 Å². The molecule has 1 rings (SSSR count). The molecule has 7 heteroatoms. The number of aromatic nitrogens is 1. The molecule has 1 aromatic rings. The van der Waals surface area contributed by atoms with E-state index in [0.717, 1.165) is 6.07 Å². The van der Waals surface area contributed by atoms with E-state index in [2.05, 4.69) is 20.9 Å². The minimum Gasteiger partial charge on any atom is -0.478 e. The van der Waals surface area contributed by atoms with Crippen molar-refractivity contribution in [3.63, 3.8) is 0 Å². The van der Waals surface area contributed by atoms with Gasteiger partial charge in [0, 0.05) is 0 Å². The first-order chi connectivity index (χ1) is 6.43. The summed E-state index contributed by atoms with van der Waals surface area (Å²) < 4.78 is 24.5. The molecule has 1 N–H and O–H groups in total. The number of carbonyl (C=O) groups is 1. The number of carboxylic acid groups (broad SMARTS) is 1. The number of hydrogen-bond donors (Lipinski definition) is 1. The van der Waals surface area contributed by atoms with E-state index in [1.54, 1.807) is 0 Å². The lowest BCUT2D eigenvalue weighted by molar-refractivity contribution is 0.0695. The second kappa shape index (κ2) is 4.18. The first-order valence-electron chi connectivity index (χ1n) is 3.31. The molecule has 1 heterocycles. The molecule has 0 saturated carbocycles. The van der Waals surface area contributed by atoms with Crippen molar-refractivity contribution in [3.05, 3.63) is 26.9 Å². The van der Waals surface area contributed by atoms with Gasteiger partial charge in [-0.05, 0) is 22.0 Å². The number of carboxylic acids is 1. The highest BCUT2D eigenvalue weighted by molar-refractivity contribution is 9.10. The molecular weight excluding hydrogens is 283 g/mol. The summed E-state index contributed by atoms with van der Waals surface area (Å²) in [5.41, 5.74) is -0.933. The van der Waals surface area contributed by atoms with Gasteiger partial charge in [0.15, 0.2) is 0 Å². The van der Waals surface area contributed by atoms with Crippen LogP contribution in [0.1, 0.15) is 22.3 Å². The predicted molar refractivity (Wildman–Crippen MR) is 48.9 cm³/mol. The van der Waals surface area contributed by atoms with Gasteiger partial charge in [-0.3, -0.25) is 0 Å². The summed E-state index contributed by atoms with van der Waals surface area (Å²) in [6.45, 7) is 0. The zero-order chi connectivity index (χ0) is 10.9. The molecule has 0 bridgehead atoms.